The lowest BCUT2D eigenvalue weighted by molar-refractivity contribution is -0.117. The summed E-state index contributed by atoms with van der Waals surface area (Å²) < 4.78 is 10.7. The van der Waals surface area contributed by atoms with Gasteiger partial charge in [-0.1, -0.05) is 56.3 Å². The smallest absolute Gasteiger partial charge is 0.287 e. The van der Waals surface area contributed by atoms with E-state index in [9.17, 15) is 9.59 Å². The average Bonchev–Trinajstić information content (AvgIpc) is 2.88. The highest BCUT2D eigenvalue weighted by Crippen LogP contribution is 2.26. The number of nitrogens with one attached hydrogen (secondary N) is 2. The van der Waals surface area contributed by atoms with Crippen LogP contribution in [0.5, 0.6) is 11.5 Å². The second-order valence-electron chi connectivity index (χ2n) is 8.01. The molecule has 0 bridgehead atoms. The molecule has 2 N–H and O–H groups in total. The zero-order chi connectivity index (χ0) is 25.2. The molecule has 0 unspecified atom stereocenters. The fourth-order valence-electron chi connectivity index (χ4n) is 3.24. The van der Waals surface area contributed by atoms with E-state index >= 15 is 0 Å². The molecule has 2 amide bonds. The zero-order valence-electron chi connectivity index (χ0n) is 20.2. The Kier molecular flexibility index (Phi) is 8.78. The number of hydrazone groups is 1. The Bertz CT molecular complexity index is 1220. The molecule has 0 heterocycles. The lowest BCUT2D eigenvalue weighted by Crippen LogP contribution is -2.32. The summed E-state index contributed by atoms with van der Waals surface area (Å²) in [5.74, 6) is 0.499. The first-order valence-corrected chi connectivity index (χ1v) is 11.1. The van der Waals surface area contributed by atoms with Crippen molar-refractivity contribution in [1.82, 2.24) is 10.7 Å². The summed E-state index contributed by atoms with van der Waals surface area (Å²) in [5, 5.41) is 6.74. The minimum atomic E-state index is -0.589. The monoisotopic (exact) mass is 471 g/mol. The molecule has 0 spiro atoms. The second kappa shape index (κ2) is 12.2. The SMILES string of the molecule is COc1ccc(OC)c(/C=C(\NC(=O)c2ccccc2)C(=O)N/N=C/c2ccc(C(C)C)cc2)c1. The Morgan fingerprint density at radius 2 is 1.63 bits per heavy atom. The molecule has 0 aliphatic rings. The largest absolute Gasteiger partial charge is 0.497 e. The van der Waals surface area contributed by atoms with Gasteiger partial charge >= 0.3 is 0 Å². The van der Waals surface area contributed by atoms with Crippen molar-refractivity contribution in [3.63, 3.8) is 0 Å². The molecule has 0 fully saturated rings. The van der Waals surface area contributed by atoms with Crippen LogP contribution in [0.4, 0.5) is 0 Å². The number of hydrogen-bond acceptors (Lipinski definition) is 5. The number of nitrogens with zero attached hydrogens (tertiary/aromatic N) is 1. The van der Waals surface area contributed by atoms with Crippen molar-refractivity contribution in [1.29, 1.82) is 0 Å². The second-order valence-corrected chi connectivity index (χ2v) is 8.01. The quantitative estimate of drug-likeness (QED) is 0.268. The van der Waals surface area contributed by atoms with Crippen LogP contribution in [0.1, 0.15) is 46.8 Å². The molecule has 0 atom stereocenters. The molecule has 0 radical (unpaired) electrons. The van der Waals surface area contributed by atoms with Crippen LogP contribution < -0.4 is 20.2 Å². The van der Waals surface area contributed by atoms with Crippen molar-refractivity contribution in [3.05, 3.63) is 101 Å². The zero-order valence-corrected chi connectivity index (χ0v) is 20.2. The Morgan fingerprint density at radius 3 is 2.26 bits per heavy atom. The summed E-state index contributed by atoms with van der Waals surface area (Å²) in [5.41, 5.74) is 5.50. The third-order valence-corrected chi connectivity index (χ3v) is 5.25. The molecule has 0 saturated heterocycles. The fourth-order valence-corrected chi connectivity index (χ4v) is 3.24. The first-order valence-electron chi connectivity index (χ1n) is 11.1. The molecule has 0 saturated carbocycles. The van der Waals surface area contributed by atoms with Gasteiger partial charge in [-0.2, -0.15) is 5.10 Å². The number of amides is 2. The Labute approximate surface area is 205 Å². The number of hydrogen-bond donors (Lipinski definition) is 2. The number of methoxy groups -OCH3 is 2. The van der Waals surface area contributed by atoms with Gasteiger partial charge in [0.15, 0.2) is 0 Å². The van der Waals surface area contributed by atoms with Crippen molar-refractivity contribution in [2.75, 3.05) is 14.2 Å². The van der Waals surface area contributed by atoms with Crippen molar-refractivity contribution in [2.45, 2.75) is 19.8 Å². The minimum absolute atomic E-state index is 0.00212. The van der Waals surface area contributed by atoms with E-state index in [1.54, 1.807) is 55.8 Å². The van der Waals surface area contributed by atoms with Gasteiger partial charge in [-0.25, -0.2) is 5.43 Å². The predicted molar refractivity (Wildman–Crippen MR) is 138 cm³/mol. The lowest BCUT2D eigenvalue weighted by atomic mass is 10.0. The van der Waals surface area contributed by atoms with Crippen LogP contribution in [0, 0.1) is 0 Å². The summed E-state index contributed by atoms with van der Waals surface area (Å²) in [6.45, 7) is 4.25. The molecule has 3 aromatic rings. The van der Waals surface area contributed by atoms with E-state index in [1.165, 1.54) is 18.7 Å². The Morgan fingerprint density at radius 1 is 0.914 bits per heavy atom. The van der Waals surface area contributed by atoms with Gasteiger partial charge in [0.05, 0.1) is 20.4 Å². The van der Waals surface area contributed by atoms with E-state index in [1.807, 2.05) is 30.3 Å². The first kappa shape index (κ1) is 25.2. The topological polar surface area (TPSA) is 89.0 Å². The highest BCUT2D eigenvalue weighted by Gasteiger charge is 2.16. The van der Waals surface area contributed by atoms with Gasteiger partial charge in [-0.3, -0.25) is 9.59 Å². The molecule has 35 heavy (non-hydrogen) atoms. The number of carbonyl (C=O) groups excluding carboxylic acids is 2. The fraction of sp³-hybridized carbons (Fsp3) is 0.179. The highest BCUT2D eigenvalue weighted by molar-refractivity contribution is 6.05. The van der Waals surface area contributed by atoms with E-state index in [4.69, 9.17) is 9.47 Å². The number of rotatable bonds is 9. The molecule has 3 aromatic carbocycles. The van der Waals surface area contributed by atoms with Crippen LogP contribution in [0.3, 0.4) is 0 Å². The third kappa shape index (κ3) is 7.04. The molecular formula is C28H29N3O4. The highest BCUT2D eigenvalue weighted by atomic mass is 16.5. The molecule has 7 nitrogen and oxygen atoms in total. The van der Waals surface area contributed by atoms with Gasteiger partial charge in [0.1, 0.15) is 17.2 Å². The van der Waals surface area contributed by atoms with Crippen LogP contribution in [0.15, 0.2) is 83.6 Å². The Balaban J connectivity index is 1.86. The maximum absolute atomic E-state index is 13.0. The van der Waals surface area contributed by atoms with Gasteiger partial charge in [0.2, 0.25) is 0 Å². The summed E-state index contributed by atoms with van der Waals surface area (Å²) in [4.78, 5) is 25.8. The average molecular weight is 472 g/mol. The molecule has 0 aromatic heterocycles. The van der Waals surface area contributed by atoms with Crippen LogP contribution in [-0.4, -0.2) is 32.2 Å². The molecule has 180 valence electrons. The van der Waals surface area contributed by atoms with Gasteiger partial charge in [-0.05, 0) is 53.5 Å². The van der Waals surface area contributed by atoms with Gasteiger partial charge < -0.3 is 14.8 Å². The van der Waals surface area contributed by atoms with Crippen LogP contribution >= 0.6 is 0 Å². The number of ether oxygens (including phenoxy) is 2. The van der Waals surface area contributed by atoms with Crippen LogP contribution in [0.25, 0.3) is 6.08 Å². The van der Waals surface area contributed by atoms with Crippen molar-refractivity contribution in [3.8, 4) is 11.5 Å². The van der Waals surface area contributed by atoms with Crippen LogP contribution in [-0.2, 0) is 4.79 Å². The summed E-state index contributed by atoms with van der Waals surface area (Å²) in [6, 6.07) is 21.7. The van der Waals surface area contributed by atoms with Gasteiger partial charge in [0, 0.05) is 11.1 Å². The summed E-state index contributed by atoms with van der Waals surface area (Å²) in [6.07, 6.45) is 3.06. The number of benzene rings is 3. The normalized spacial score (nSPS) is 11.4. The van der Waals surface area contributed by atoms with Gasteiger partial charge in [-0.15, -0.1) is 0 Å². The van der Waals surface area contributed by atoms with E-state index in [0.717, 1.165) is 5.56 Å². The van der Waals surface area contributed by atoms with Gasteiger partial charge in [0.25, 0.3) is 11.8 Å². The van der Waals surface area contributed by atoms with Crippen LogP contribution in [0.2, 0.25) is 0 Å². The maximum Gasteiger partial charge on any atom is 0.287 e. The summed E-state index contributed by atoms with van der Waals surface area (Å²) in [7, 11) is 3.07. The molecule has 7 heteroatoms. The van der Waals surface area contributed by atoms with Crippen molar-refractivity contribution >= 4 is 24.1 Å². The van der Waals surface area contributed by atoms with E-state index in [0.29, 0.717) is 28.5 Å². The van der Waals surface area contributed by atoms with E-state index in [2.05, 4.69) is 29.7 Å². The molecule has 0 aliphatic carbocycles. The van der Waals surface area contributed by atoms with E-state index in [-0.39, 0.29) is 5.70 Å². The lowest BCUT2D eigenvalue weighted by Gasteiger charge is -2.12. The molecule has 0 aliphatic heterocycles. The Hall–Kier alpha value is -4.39. The van der Waals surface area contributed by atoms with E-state index < -0.39 is 11.8 Å². The predicted octanol–water partition coefficient (Wildman–Crippen LogP) is 4.75. The van der Waals surface area contributed by atoms with Crippen molar-refractivity contribution < 1.29 is 19.1 Å². The van der Waals surface area contributed by atoms with Crippen molar-refractivity contribution in [2.24, 2.45) is 5.10 Å². The standard InChI is InChI=1S/C28H29N3O4/c1-19(2)21-12-10-20(11-13-21)18-29-31-28(33)25(30-27(32)22-8-6-5-7-9-22)17-23-16-24(34-3)14-15-26(23)35-4/h5-19H,1-4H3,(H,30,32)(H,31,33)/b25-17-,29-18+. The molecular weight excluding hydrogens is 442 g/mol. The minimum Gasteiger partial charge on any atom is -0.497 e. The third-order valence-electron chi connectivity index (χ3n) is 5.25. The maximum atomic E-state index is 13.0. The first-order chi connectivity index (χ1) is 16.9. The number of carbonyl (C=O) groups is 2. The summed E-state index contributed by atoms with van der Waals surface area (Å²) >= 11 is 0. The molecule has 3 rings (SSSR count).